The molecule has 0 bridgehead atoms. The molecule has 5 nitrogen and oxygen atoms in total. The van der Waals surface area contributed by atoms with E-state index in [-0.39, 0.29) is 5.41 Å². The second-order valence-electron chi connectivity index (χ2n) is 10.3. The van der Waals surface area contributed by atoms with Gasteiger partial charge in [0.25, 0.3) is 0 Å². The normalized spacial score (nSPS) is 46.8. The first-order chi connectivity index (χ1) is 13.4. The van der Waals surface area contributed by atoms with E-state index in [2.05, 4.69) is 19.0 Å². The van der Waals surface area contributed by atoms with Crippen molar-refractivity contribution in [2.45, 2.75) is 65.2 Å². The van der Waals surface area contributed by atoms with Gasteiger partial charge in [-0.3, -0.25) is 4.79 Å². The van der Waals surface area contributed by atoms with E-state index in [4.69, 9.17) is 15.3 Å². The molecule has 158 valence electrons. The molecule has 4 saturated carbocycles. The number of fused-ring (bicyclic) bond motifs is 5. The number of rotatable bonds is 5. The number of carbonyl (C=O) groups is 1. The van der Waals surface area contributed by atoms with Crippen LogP contribution in [0.3, 0.4) is 0 Å². The highest BCUT2D eigenvalue weighted by molar-refractivity contribution is 5.87. The number of nitrogens with zero attached hydrogens (tertiary/aromatic N) is 1. The van der Waals surface area contributed by atoms with E-state index in [0.29, 0.717) is 48.0 Å². The Hall–Kier alpha value is -0.940. The molecule has 2 N–H and O–H groups in total. The first-order valence-electron chi connectivity index (χ1n) is 11.3. The second kappa shape index (κ2) is 7.71. The van der Waals surface area contributed by atoms with Crippen LogP contribution in [-0.2, 0) is 14.4 Å². The third-order valence-electron chi connectivity index (χ3n) is 9.18. The molecule has 0 aromatic rings. The van der Waals surface area contributed by atoms with Crippen molar-refractivity contribution in [3.8, 4) is 0 Å². The summed E-state index contributed by atoms with van der Waals surface area (Å²) in [6.07, 6.45) is 8.66. The molecule has 4 aliphatic carbocycles. The molecule has 4 rings (SSSR count). The van der Waals surface area contributed by atoms with Crippen LogP contribution in [0.1, 0.15) is 65.2 Å². The van der Waals surface area contributed by atoms with E-state index in [1.165, 1.54) is 25.0 Å². The molecule has 0 aromatic heterocycles. The zero-order valence-corrected chi connectivity index (χ0v) is 17.9. The van der Waals surface area contributed by atoms with Crippen LogP contribution in [0, 0.1) is 40.4 Å². The summed E-state index contributed by atoms with van der Waals surface area (Å²) in [4.78, 5) is 18.1. The monoisotopic (exact) mass is 390 g/mol. The Balaban J connectivity index is 1.60. The number of ketones is 1. The molecule has 7 atom stereocenters. The number of hydrogen-bond donors (Lipinski definition) is 1. The molecule has 4 aliphatic rings. The van der Waals surface area contributed by atoms with Gasteiger partial charge in [0, 0.05) is 32.1 Å². The van der Waals surface area contributed by atoms with Crippen LogP contribution in [0.4, 0.5) is 0 Å². The fraction of sp³-hybridized carbons (Fsp3) is 0.913. The van der Waals surface area contributed by atoms with Gasteiger partial charge in [-0.1, -0.05) is 19.0 Å². The van der Waals surface area contributed by atoms with Gasteiger partial charge in [0.2, 0.25) is 0 Å². The van der Waals surface area contributed by atoms with Crippen molar-refractivity contribution in [3.63, 3.8) is 0 Å². The van der Waals surface area contributed by atoms with Gasteiger partial charge in [-0.2, -0.15) is 0 Å². The van der Waals surface area contributed by atoms with Gasteiger partial charge in [-0.05, 0) is 80.0 Å². The zero-order chi connectivity index (χ0) is 19.9. The van der Waals surface area contributed by atoms with E-state index in [9.17, 15) is 4.79 Å². The maximum Gasteiger partial charge on any atom is 0.139 e. The second-order valence-corrected chi connectivity index (χ2v) is 10.3. The highest BCUT2D eigenvalue weighted by Gasteiger charge is 2.61. The van der Waals surface area contributed by atoms with Crippen molar-refractivity contribution < 1.29 is 14.4 Å². The minimum atomic E-state index is -0.0562. The summed E-state index contributed by atoms with van der Waals surface area (Å²) >= 11 is 0. The number of carbonyl (C=O) groups excluding carboxylic acids is 1. The molecule has 1 unspecified atom stereocenters. The molecule has 28 heavy (non-hydrogen) atoms. The average Bonchev–Trinajstić information content (AvgIpc) is 2.98. The minimum absolute atomic E-state index is 0.0562. The lowest BCUT2D eigenvalue weighted by molar-refractivity contribution is -0.145. The Labute approximate surface area is 169 Å². The maximum absolute atomic E-state index is 12.7. The molecule has 0 spiro atoms. The fourth-order valence-corrected chi connectivity index (χ4v) is 7.74. The number of ether oxygens (including phenoxy) is 1. The predicted molar refractivity (Wildman–Crippen MR) is 110 cm³/mol. The van der Waals surface area contributed by atoms with Crippen LogP contribution < -0.4 is 5.73 Å². The number of nitrogens with two attached hydrogens (primary N) is 1. The van der Waals surface area contributed by atoms with Crippen molar-refractivity contribution >= 4 is 11.5 Å². The average molecular weight is 391 g/mol. The lowest BCUT2D eigenvalue weighted by Gasteiger charge is -2.61. The third kappa shape index (κ3) is 3.13. The van der Waals surface area contributed by atoms with E-state index < -0.39 is 0 Å². The van der Waals surface area contributed by atoms with E-state index in [0.717, 1.165) is 44.6 Å². The van der Waals surface area contributed by atoms with Gasteiger partial charge in [0.05, 0.1) is 5.71 Å². The quantitative estimate of drug-likeness (QED) is 0.572. The molecule has 0 heterocycles. The van der Waals surface area contributed by atoms with Crippen molar-refractivity contribution in [2.24, 2.45) is 51.3 Å². The fourth-order valence-electron chi connectivity index (χ4n) is 7.74. The smallest absolute Gasteiger partial charge is 0.139 e. The summed E-state index contributed by atoms with van der Waals surface area (Å²) in [6.45, 7) is 6.62. The number of Topliss-reactive ketones (excluding diaryl/α,β-unsaturated/α-hetero) is 1. The molecule has 4 fully saturated rings. The van der Waals surface area contributed by atoms with Gasteiger partial charge in [-0.15, -0.1) is 0 Å². The molecule has 0 aromatic carbocycles. The van der Waals surface area contributed by atoms with Gasteiger partial charge < -0.3 is 15.3 Å². The summed E-state index contributed by atoms with van der Waals surface area (Å²) in [6, 6.07) is 0. The highest BCUT2D eigenvalue weighted by atomic mass is 16.6. The SMILES string of the molecule is COC[C@H]1C[C@@H]2[C@H](CC[C@]3(C)C(=O)CC[C@@H]23)[C@@]2(C)CCC(=NOCCN)CC12. The number of oxime groups is 1. The molecule has 0 radical (unpaired) electrons. The van der Waals surface area contributed by atoms with Crippen LogP contribution in [0.15, 0.2) is 5.16 Å². The third-order valence-corrected chi connectivity index (χ3v) is 9.18. The maximum atomic E-state index is 12.7. The van der Waals surface area contributed by atoms with Crippen LogP contribution in [0.2, 0.25) is 0 Å². The lowest BCUT2D eigenvalue weighted by Crippen LogP contribution is -2.57. The molecule has 0 saturated heterocycles. The first-order valence-corrected chi connectivity index (χ1v) is 11.3. The van der Waals surface area contributed by atoms with Crippen molar-refractivity contribution in [2.75, 3.05) is 26.9 Å². The number of methoxy groups -OCH3 is 1. The zero-order valence-electron chi connectivity index (χ0n) is 17.9. The van der Waals surface area contributed by atoms with Crippen molar-refractivity contribution in [1.29, 1.82) is 0 Å². The van der Waals surface area contributed by atoms with Crippen LogP contribution in [0.5, 0.6) is 0 Å². The van der Waals surface area contributed by atoms with Gasteiger partial charge >= 0.3 is 0 Å². The van der Waals surface area contributed by atoms with Crippen molar-refractivity contribution in [3.05, 3.63) is 0 Å². The van der Waals surface area contributed by atoms with E-state index in [1.54, 1.807) is 0 Å². The Kier molecular flexibility index (Phi) is 5.60. The lowest BCUT2D eigenvalue weighted by atomic mass is 9.43. The first kappa shape index (κ1) is 20.3. The summed E-state index contributed by atoms with van der Waals surface area (Å²) in [5, 5.41) is 4.42. The summed E-state index contributed by atoms with van der Waals surface area (Å²) in [5.74, 6) is 3.68. The minimum Gasteiger partial charge on any atom is -0.395 e. The van der Waals surface area contributed by atoms with Gasteiger partial charge in [0.15, 0.2) is 0 Å². The van der Waals surface area contributed by atoms with Crippen LogP contribution >= 0.6 is 0 Å². The Morgan fingerprint density at radius 2 is 1.96 bits per heavy atom. The highest BCUT2D eigenvalue weighted by Crippen LogP contribution is 2.66. The Morgan fingerprint density at radius 1 is 1.14 bits per heavy atom. The molecule has 0 amide bonds. The Morgan fingerprint density at radius 3 is 2.71 bits per heavy atom. The standard InChI is InChI=1S/C23H38N2O3/c1-22-8-6-16(25-28-11-10-24)13-20(22)15(14-27-3)12-17-18-4-5-21(26)23(18,2)9-7-19(17)22/h15,17-20H,4-14,24H2,1-3H3/t15-,17+,18+,19+,20?,22-,23+/m1/s1. The van der Waals surface area contributed by atoms with Crippen molar-refractivity contribution in [1.82, 2.24) is 0 Å². The summed E-state index contributed by atoms with van der Waals surface area (Å²) in [5.41, 5.74) is 7.00. The van der Waals surface area contributed by atoms with Gasteiger partial charge in [-0.25, -0.2) is 0 Å². The molecule has 5 heteroatoms. The molecule has 0 aliphatic heterocycles. The van der Waals surface area contributed by atoms with Crippen LogP contribution in [-0.4, -0.2) is 38.4 Å². The van der Waals surface area contributed by atoms with Crippen LogP contribution in [0.25, 0.3) is 0 Å². The van der Waals surface area contributed by atoms with Gasteiger partial charge in [0.1, 0.15) is 12.4 Å². The Bertz CT molecular complexity index is 635. The summed E-state index contributed by atoms with van der Waals surface area (Å²) in [7, 11) is 1.83. The number of hydrogen-bond acceptors (Lipinski definition) is 5. The summed E-state index contributed by atoms with van der Waals surface area (Å²) < 4.78 is 5.69. The molecular formula is C23H38N2O3. The molecular weight excluding hydrogens is 352 g/mol. The predicted octanol–water partition coefficient (Wildman–Crippen LogP) is 3.80. The topological polar surface area (TPSA) is 73.9 Å². The van der Waals surface area contributed by atoms with E-state index >= 15 is 0 Å². The van der Waals surface area contributed by atoms with E-state index in [1.807, 2.05) is 7.11 Å². The largest absolute Gasteiger partial charge is 0.395 e.